The standard InChI is InChI=1S/C25H25N5O7S2/c1-4-36-23(33)16(10-14-8-6-5-7-9-14)37-24(34)19-13(2)11-38-22-18(21(32)30(19)22)28-20(31)17(29-35-3)15-12-39-25(26)27-15/h5-10,12,18,22H,4,11H2,1-3H3,(H2,26,27)(H,28,31)/b16-10-,29-17-/t18-,22-/m1/s1. The molecule has 3 heterocycles. The first-order chi connectivity index (χ1) is 18.7. The van der Waals surface area contributed by atoms with Gasteiger partial charge in [0.05, 0.1) is 6.61 Å². The molecule has 1 aromatic carbocycles. The van der Waals surface area contributed by atoms with E-state index in [0.717, 1.165) is 11.3 Å². The molecule has 204 valence electrons. The lowest BCUT2D eigenvalue weighted by molar-refractivity contribution is -0.154. The summed E-state index contributed by atoms with van der Waals surface area (Å²) in [5, 5.41) is 7.57. The molecule has 0 saturated carbocycles. The molecule has 2 aliphatic heterocycles. The van der Waals surface area contributed by atoms with Crippen molar-refractivity contribution >= 4 is 63.8 Å². The summed E-state index contributed by atoms with van der Waals surface area (Å²) in [6.07, 6.45) is 1.39. The predicted octanol–water partition coefficient (Wildman–Crippen LogP) is 1.90. The van der Waals surface area contributed by atoms with E-state index in [1.54, 1.807) is 43.5 Å². The van der Waals surface area contributed by atoms with E-state index in [1.165, 1.54) is 29.8 Å². The number of thiazole rings is 1. The van der Waals surface area contributed by atoms with Crippen LogP contribution in [0.25, 0.3) is 6.08 Å². The highest BCUT2D eigenvalue weighted by Gasteiger charge is 2.54. The Morgan fingerprint density at radius 3 is 2.67 bits per heavy atom. The van der Waals surface area contributed by atoms with Gasteiger partial charge in [-0.2, -0.15) is 0 Å². The molecule has 0 unspecified atom stereocenters. The van der Waals surface area contributed by atoms with Crippen molar-refractivity contribution in [1.82, 2.24) is 15.2 Å². The number of oxime groups is 1. The highest BCUT2D eigenvalue weighted by molar-refractivity contribution is 8.00. The second kappa shape index (κ2) is 12.1. The number of esters is 2. The van der Waals surface area contributed by atoms with Crippen molar-refractivity contribution in [2.45, 2.75) is 25.3 Å². The second-order valence-electron chi connectivity index (χ2n) is 8.21. The van der Waals surface area contributed by atoms with Crippen molar-refractivity contribution in [1.29, 1.82) is 0 Å². The van der Waals surface area contributed by atoms with Crippen LogP contribution in [-0.2, 0) is 33.5 Å². The molecule has 39 heavy (non-hydrogen) atoms. The fraction of sp³-hybridized carbons (Fsp3) is 0.280. The van der Waals surface area contributed by atoms with E-state index in [1.807, 2.05) is 6.07 Å². The molecule has 1 aromatic heterocycles. The number of rotatable bonds is 9. The number of fused-ring (bicyclic) bond motifs is 1. The Labute approximate surface area is 231 Å². The molecule has 0 bridgehead atoms. The average Bonchev–Trinajstić information content (AvgIpc) is 3.35. The zero-order chi connectivity index (χ0) is 28.1. The summed E-state index contributed by atoms with van der Waals surface area (Å²) >= 11 is 2.49. The van der Waals surface area contributed by atoms with E-state index in [0.29, 0.717) is 16.9 Å². The number of nitrogens with two attached hydrogens (primary N) is 1. The zero-order valence-corrected chi connectivity index (χ0v) is 22.8. The van der Waals surface area contributed by atoms with Gasteiger partial charge in [0, 0.05) is 11.1 Å². The first kappa shape index (κ1) is 27.9. The van der Waals surface area contributed by atoms with E-state index in [-0.39, 0.29) is 34.6 Å². The summed E-state index contributed by atoms with van der Waals surface area (Å²) in [5.74, 6) is -2.83. The normalized spacial score (nSPS) is 19.2. The maximum atomic E-state index is 13.3. The monoisotopic (exact) mass is 571 g/mol. The third-order valence-corrected chi connectivity index (χ3v) is 7.68. The summed E-state index contributed by atoms with van der Waals surface area (Å²) in [5.41, 5.74) is 6.94. The van der Waals surface area contributed by atoms with E-state index in [4.69, 9.17) is 20.0 Å². The Balaban J connectivity index is 1.52. The molecular weight excluding hydrogens is 546 g/mol. The van der Waals surface area contributed by atoms with E-state index in [2.05, 4.69) is 15.5 Å². The van der Waals surface area contributed by atoms with Gasteiger partial charge in [0.1, 0.15) is 29.9 Å². The molecule has 2 aliphatic rings. The van der Waals surface area contributed by atoms with Crippen LogP contribution in [0.3, 0.4) is 0 Å². The molecule has 0 radical (unpaired) electrons. The molecule has 2 atom stereocenters. The van der Waals surface area contributed by atoms with Gasteiger partial charge in [-0.15, -0.1) is 23.1 Å². The number of hydrogen-bond acceptors (Lipinski definition) is 12. The number of nitrogens with one attached hydrogen (secondary N) is 1. The number of amides is 2. The number of anilines is 1. The number of ether oxygens (including phenoxy) is 2. The highest BCUT2D eigenvalue weighted by atomic mass is 32.2. The summed E-state index contributed by atoms with van der Waals surface area (Å²) in [6.45, 7) is 3.41. The van der Waals surface area contributed by atoms with Gasteiger partial charge in [0.25, 0.3) is 11.8 Å². The average molecular weight is 572 g/mol. The lowest BCUT2D eigenvalue weighted by atomic mass is 10.0. The molecule has 2 amide bonds. The van der Waals surface area contributed by atoms with Crippen LogP contribution in [0, 0.1) is 0 Å². The fourth-order valence-corrected chi connectivity index (χ4v) is 5.69. The van der Waals surface area contributed by atoms with Crippen molar-refractivity contribution in [3.8, 4) is 0 Å². The molecule has 0 aliphatic carbocycles. The molecule has 0 spiro atoms. The maximum Gasteiger partial charge on any atom is 0.374 e. The highest BCUT2D eigenvalue weighted by Crippen LogP contribution is 2.40. The third kappa shape index (κ3) is 5.96. The number of benzene rings is 1. The van der Waals surface area contributed by atoms with Crippen LogP contribution in [-0.4, -0.2) is 70.2 Å². The van der Waals surface area contributed by atoms with Gasteiger partial charge in [-0.1, -0.05) is 35.5 Å². The van der Waals surface area contributed by atoms with Gasteiger partial charge in [-0.05, 0) is 31.1 Å². The third-order valence-electron chi connectivity index (χ3n) is 5.58. The molecule has 2 aromatic rings. The molecule has 3 N–H and O–H groups in total. The number of β-lactam (4-membered cyclic amide) rings is 1. The maximum absolute atomic E-state index is 13.3. The number of thioether (sulfide) groups is 1. The smallest absolute Gasteiger partial charge is 0.374 e. The second-order valence-corrected chi connectivity index (χ2v) is 10.2. The van der Waals surface area contributed by atoms with Crippen LogP contribution in [0.2, 0.25) is 0 Å². The first-order valence-corrected chi connectivity index (χ1v) is 13.6. The fourth-order valence-electron chi connectivity index (χ4n) is 3.85. The van der Waals surface area contributed by atoms with Crippen LogP contribution in [0.1, 0.15) is 25.1 Å². The van der Waals surface area contributed by atoms with Crippen molar-refractivity contribution < 1.29 is 33.5 Å². The van der Waals surface area contributed by atoms with Gasteiger partial charge < -0.3 is 25.4 Å². The minimum absolute atomic E-state index is 0.00978. The number of nitrogen functional groups attached to an aromatic ring is 1. The van der Waals surface area contributed by atoms with E-state index < -0.39 is 35.2 Å². The molecule has 4 rings (SSSR count). The quantitative estimate of drug-likeness (QED) is 0.113. The van der Waals surface area contributed by atoms with Gasteiger partial charge in [0.2, 0.25) is 5.76 Å². The lowest BCUT2D eigenvalue weighted by Crippen LogP contribution is -2.71. The Morgan fingerprint density at radius 2 is 2.03 bits per heavy atom. The van der Waals surface area contributed by atoms with Crippen LogP contribution < -0.4 is 11.1 Å². The summed E-state index contributed by atoms with van der Waals surface area (Å²) < 4.78 is 10.5. The van der Waals surface area contributed by atoms with Crippen LogP contribution in [0.15, 0.2) is 57.9 Å². The molecule has 12 nitrogen and oxygen atoms in total. The number of carbonyl (C=O) groups excluding carboxylic acids is 4. The number of nitrogens with zero attached hydrogens (tertiary/aromatic N) is 3. The van der Waals surface area contributed by atoms with Crippen LogP contribution in [0.5, 0.6) is 0 Å². The van der Waals surface area contributed by atoms with E-state index in [9.17, 15) is 19.2 Å². The van der Waals surface area contributed by atoms with Crippen LogP contribution >= 0.6 is 23.1 Å². The summed E-state index contributed by atoms with van der Waals surface area (Å²) in [6, 6.07) is 7.87. The SMILES string of the molecule is CCOC(=O)/C(=C/c1ccccc1)OC(=O)C1=C(C)CS[C@@H]2[C@H](NC(=O)/C(=N\OC)c3csc(N)n3)C(=O)N12. The Kier molecular flexibility index (Phi) is 8.66. The topological polar surface area (TPSA) is 163 Å². The Bertz CT molecular complexity index is 1390. The minimum atomic E-state index is -0.944. The Morgan fingerprint density at radius 1 is 1.28 bits per heavy atom. The first-order valence-electron chi connectivity index (χ1n) is 11.7. The minimum Gasteiger partial charge on any atom is -0.460 e. The Hall–Kier alpha value is -4.17. The predicted molar refractivity (Wildman–Crippen MR) is 145 cm³/mol. The van der Waals surface area contributed by atoms with Gasteiger partial charge in [-0.25, -0.2) is 14.6 Å². The largest absolute Gasteiger partial charge is 0.460 e. The lowest BCUT2D eigenvalue weighted by Gasteiger charge is -2.49. The van der Waals surface area contributed by atoms with E-state index >= 15 is 0 Å². The summed E-state index contributed by atoms with van der Waals surface area (Å²) in [4.78, 5) is 62.0. The molecule has 1 fully saturated rings. The van der Waals surface area contributed by atoms with Crippen molar-refractivity contribution in [3.05, 3.63) is 64.0 Å². The zero-order valence-electron chi connectivity index (χ0n) is 21.2. The number of hydrogen-bond donors (Lipinski definition) is 2. The van der Waals surface area contributed by atoms with Gasteiger partial charge >= 0.3 is 11.9 Å². The van der Waals surface area contributed by atoms with Crippen LogP contribution in [0.4, 0.5) is 5.13 Å². The molecular formula is C25H25N5O7S2. The molecule has 1 saturated heterocycles. The number of carbonyl (C=O) groups is 4. The van der Waals surface area contributed by atoms with Crippen molar-refractivity contribution in [2.75, 3.05) is 25.2 Å². The van der Waals surface area contributed by atoms with Gasteiger partial charge in [-0.3, -0.25) is 14.5 Å². The van der Waals surface area contributed by atoms with Gasteiger partial charge in [0.15, 0.2) is 10.8 Å². The summed E-state index contributed by atoms with van der Waals surface area (Å²) in [7, 11) is 1.28. The number of aromatic nitrogens is 1. The van der Waals surface area contributed by atoms with Crippen molar-refractivity contribution in [2.24, 2.45) is 5.16 Å². The van der Waals surface area contributed by atoms with Crippen molar-refractivity contribution in [3.63, 3.8) is 0 Å². The molecule has 14 heteroatoms.